The molecular weight excluding hydrogens is 412 g/mol. The number of hydrogen-bond donors (Lipinski definition) is 1. The summed E-state index contributed by atoms with van der Waals surface area (Å²) >= 11 is 1.68. The lowest BCUT2D eigenvalue weighted by molar-refractivity contribution is -0.143. The number of aromatic nitrogens is 2. The maximum absolute atomic E-state index is 13.2. The summed E-state index contributed by atoms with van der Waals surface area (Å²) in [6, 6.07) is 4.08. The van der Waals surface area contributed by atoms with Crippen LogP contribution in [0.15, 0.2) is 29.4 Å². The molecule has 2 atom stereocenters. The van der Waals surface area contributed by atoms with E-state index in [0.29, 0.717) is 13.1 Å². The van der Waals surface area contributed by atoms with Gasteiger partial charge < -0.3 is 19.4 Å². The van der Waals surface area contributed by atoms with Gasteiger partial charge in [0.15, 0.2) is 0 Å². The van der Waals surface area contributed by atoms with E-state index in [-0.39, 0.29) is 29.8 Å². The number of rotatable bonds is 4. The predicted molar refractivity (Wildman–Crippen MR) is 121 cm³/mol. The number of piperidine rings is 2. The van der Waals surface area contributed by atoms with E-state index in [9.17, 15) is 9.59 Å². The third-order valence-corrected chi connectivity index (χ3v) is 7.02. The van der Waals surface area contributed by atoms with E-state index in [4.69, 9.17) is 4.74 Å². The van der Waals surface area contributed by atoms with Crippen LogP contribution in [0.3, 0.4) is 0 Å². The summed E-state index contributed by atoms with van der Waals surface area (Å²) in [6.07, 6.45) is 6.61. The second-order valence-corrected chi connectivity index (χ2v) is 11.0. The minimum Gasteiger partial charge on any atom is -0.444 e. The third kappa shape index (κ3) is 4.14. The number of nitrogens with zero attached hydrogens (tertiary/aromatic N) is 3. The minimum absolute atomic E-state index is 0.0489. The number of fused-ring (bicyclic) bond motifs is 3. The summed E-state index contributed by atoms with van der Waals surface area (Å²) in [6.45, 7) is 10.8. The van der Waals surface area contributed by atoms with Crippen LogP contribution in [0.2, 0.25) is 0 Å². The Morgan fingerprint density at radius 2 is 1.87 bits per heavy atom. The number of carbonyl (C=O) groups is 2. The monoisotopic (exact) mass is 444 g/mol. The Labute approximate surface area is 187 Å². The highest BCUT2D eigenvalue weighted by molar-refractivity contribution is 7.98. The van der Waals surface area contributed by atoms with Gasteiger partial charge in [-0.2, -0.15) is 0 Å². The zero-order chi connectivity index (χ0) is 22.6. The Balaban J connectivity index is 1.44. The molecule has 0 aromatic carbocycles. The van der Waals surface area contributed by atoms with Gasteiger partial charge in [0.1, 0.15) is 11.4 Å². The molecule has 3 heterocycles. The maximum Gasteiger partial charge on any atom is 0.410 e. The topological polar surface area (TPSA) is 75.9 Å². The van der Waals surface area contributed by atoms with Crippen LogP contribution in [0, 0.1) is 17.8 Å². The molecule has 7 nitrogen and oxygen atoms in total. The molecule has 1 saturated heterocycles. The Morgan fingerprint density at radius 3 is 2.48 bits per heavy atom. The lowest BCUT2D eigenvalue weighted by Gasteiger charge is -2.52. The van der Waals surface area contributed by atoms with Crippen molar-refractivity contribution >= 4 is 29.3 Å². The molecule has 2 fully saturated rings. The van der Waals surface area contributed by atoms with Crippen molar-refractivity contribution in [2.75, 3.05) is 19.3 Å². The van der Waals surface area contributed by atoms with Crippen LogP contribution < -0.4 is 5.32 Å². The zero-order valence-electron chi connectivity index (χ0n) is 19.1. The van der Waals surface area contributed by atoms with Crippen LogP contribution in [0.1, 0.15) is 46.9 Å². The second-order valence-electron chi connectivity index (χ2n) is 10.2. The molecule has 1 aliphatic carbocycles. The standard InChI is InChI=1S/C23H32N4O3S/c1-22(2,3)30-21(29)26-12-14-10-15(13-26)18(14)19(28)25-23(4,5)20-24-11-16-17(31-6)8-7-9-27(16)20/h7-9,11,14-15,18H,10,12-13H2,1-6H3,(H,25,28). The van der Waals surface area contributed by atoms with E-state index >= 15 is 0 Å². The molecule has 0 radical (unpaired) electrons. The number of hydrogen-bond acceptors (Lipinski definition) is 5. The average molecular weight is 445 g/mol. The Kier molecular flexibility index (Phi) is 5.48. The number of thioether (sulfide) groups is 1. The zero-order valence-corrected chi connectivity index (χ0v) is 20.0. The van der Waals surface area contributed by atoms with Gasteiger partial charge in [-0.15, -0.1) is 11.8 Å². The number of ether oxygens (including phenoxy) is 1. The first-order chi connectivity index (χ1) is 14.5. The quantitative estimate of drug-likeness (QED) is 0.724. The van der Waals surface area contributed by atoms with E-state index in [1.807, 2.05) is 59.3 Å². The molecule has 8 heteroatoms. The molecular formula is C23H32N4O3S. The van der Waals surface area contributed by atoms with Gasteiger partial charge in [-0.05, 0) is 71.3 Å². The van der Waals surface area contributed by atoms with Crippen molar-refractivity contribution in [3.05, 3.63) is 30.4 Å². The summed E-state index contributed by atoms with van der Waals surface area (Å²) < 4.78 is 7.56. The summed E-state index contributed by atoms with van der Waals surface area (Å²) in [7, 11) is 0. The fraction of sp³-hybridized carbons (Fsp3) is 0.609. The Morgan fingerprint density at radius 1 is 1.19 bits per heavy atom. The highest BCUT2D eigenvalue weighted by Crippen LogP contribution is 2.46. The SMILES string of the molecule is CSc1cccn2c(C(C)(C)NC(=O)C3C4CC3CN(C(=O)OC(C)(C)C)C4)ncc12. The van der Waals surface area contributed by atoms with Gasteiger partial charge in [0.25, 0.3) is 0 Å². The molecule has 1 saturated carbocycles. The van der Waals surface area contributed by atoms with Crippen LogP contribution in [-0.2, 0) is 15.1 Å². The van der Waals surface area contributed by atoms with E-state index < -0.39 is 11.1 Å². The normalized spacial score (nSPS) is 23.4. The molecule has 4 rings (SSSR count). The molecule has 31 heavy (non-hydrogen) atoms. The summed E-state index contributed by atoms with van der Waals surface area (Å²) in [5.74, 6) is 1.16. The number of pyridine rings is 1. The van der Waals surface area contributed by atoms with Crippen molar-refractivity contribution in [3.63, 3.8) is 0 Å². The van der Waals surface area contributed by atoms with Gasteiger partial charge in [0.2, 0.25) is 5.91 Å². The molecule has 2 aromatic rings. The fourth-order valence-corrected chi connectivity index (χ4v) is 5.44. The van der Waals surface area contributed by atoms with Gasteiger partial charge >= 0.3 is 6.09 Å². The summed E-state index contributed by atoms with van der Waals surface area (Å²) in [5.41, 5.74) is -0.0846. The van der Waals surface area contributed by atoms with E-state index in [0.717, 1.165) is 22.7 Å². The van der Waals surface area contributed by atoms with Crippen LogP contribution in [0.5, 0.6) is 0 Å². The molecule has 2 aliphatic rings. The van der Waals surface area contributed by atoms with Gasteiger partial charge in [0, 0.05) is 30.1 Å². The lowest BCUT2D eigenvalue weighted by atomic mass is 9.61. The first-order valence-corrected chi connectivity index (χ1v) is 12.0. The predicted octanol–water partition coefficient (Wildman–Crippen LogP) is 3.91. The van der Waals surface area contributed by atoms with Crippen molar-refractivity contribution in [1.82, 2.24) is 19.6 Å². The number of imidazole rings is 1. The first kappa shape index (κ1) is 22.0. The van der Waals surface area contributed by atoms with Crippen molar-refractivity contribution in [1.29, 1.82) is 0 Å². The van der Waals surface area contributed by atoms with Gasteiger partial charge in [-0.3, -0.25) is 4.79 Å². The van der Waals surface area contributed by atoms with E-state index in [2.05, 4.69) is 20.8 Å². The molecule has 168 valence electrons. The van der Waals surface area contributed by atoms with Crippen molar-refractivity contribution in [3.8, 4) is 0 Å². The molecule has 2 amide bonds. The minimum atomic E-state index is -0.616. The van der Waals surface area contributed by atoms with E-state index in [1.165, 1.54) is 0 Å². The number of amides is 2. The van der Waals surface area contributed by atoms with Crippen LogP contribution in [0.4, 0.5) is 4.79 Å². The van der Waals surface area contributed by atoms with Gasteiger partial charge in [-0.25, -0.2) is 9.78 Å². The van der Waals surface area contributed by atoms with Crippen LogP contribution in [-0.4, -0.2) is 51.2 Å². The Hall–Kier alpha value is -2.22. The smallest absolute Gasteiger partial charge is 0.410 e. The largest absolute Gasteiger partial charge is 0.444 e. The molecule has 2 bridgehead atoms. The van der Waals surface area contributed by atoms with Crippen molar-refractivity contribution < 1.29 is 14.3 Å². The first-order valence-electron chi connectivity index (χ1n) is 10.8. The van der Waals surface area contributed by atoms with Crippen molar-refractivity contribution in [2.24, 2.45) is 17.8 Å². The summed E-state index contributed by atoms with van der Waals surface area (Å²) in [5, 5.41) is 3.24. The average Bonchev–Trinajstić information content (AvgIpc) is 3.11. The lowest BCUT2D eigenvalue weighted by Crippen LogP contribution is -2.62. The Bertz CT molecular complexity index is 998. The number of carbonyl (C=O) groups excluding carboxylic acids is 2. The summed E-state index contributed by atoms with van der Waals surface area (Å²) in [4.78, 5) is 33.2. The van der Waals surface area contributed by atoms with Crippen LogP contribution in [0.25, 0.3) is 5.52 Å². The van der Waals surface area contributed by atoms with Crippen molar-refractivity contribution in [2.45, 2.75) is 57.1 Å². The third-order valence-electron chi connectivity index (χ3n) is 6.23. The molecule has 1 N–H and O–H groups in total. The van der Waals surface area contributed by atoms with Crippen LogP contribution >= 0.6 is 11.8 Å². The highest BCUT2D eigenvalue weighted by atomic mass is 32.2. The molecule has 0 spiro atoms. The second kappa shape index (κ2) is 7.73. The number of likely N-dealkylation sites (tertiary alicyclic amines) is 1. The molecule has 2 unspecified atom stereocenters. The maximum atomic E-state index is 13.2. The fourth-order valence-electron chi connectivity index (χ4n) is 4.87. The number of nitrogens with one attached hydrogen (secondary N) is 1. The van der Waals surface area contributed by atoms with E-state index in [1.54, 1.807) is 16.7 Å². The molecule has 2 aromatic heterocycles. The van der Waals surface area contributed by atoms with Gasteiger partial charge in [0.05, 0.1) is 17.3 Å². The van der Waals surface area contributed by atoms with Gasteiger partial charge in [-0.1, -0.05) is 0 Å². The molecule has 1 aliphatic heterocycles. The highest BCUT2D eigenvalue weighted by Gasteiger charge is 2.52.